The average molecular weight is 467 g/mol. The number of hydrogen-bond donors (Lipinski definition) is 1. The second kappa shape index (κ2) is 10.6. The largest absolute Gasteiger partial charge is 0.497 e. The topological polar surface area (TPSA) is 66.9 Å². The normalized spacial score (nSPS) is 17.9. The SMILES string of the molecule is COc1ccc(OC)c(-c2ccc(C(=O)NCC3(N4CCCCC4)CCCC3)c(N(C)C)n2)c1. The Labute approximate surface area is 203 Å². The maximum absolute atomic E-state index is 13.4. The van der Waals surface area contributed by atoms with Gasteiger partial charge in [-0.15, -0.1) is 0 Å². The van der Waals surface area contributed by atoms with Crippen LogP contribution in [-0.4, -0.2) is 69.3 Å². The third-order valence-corrected chi connectivity index (χ3v) is 7.37. The van der Waals surface area contributed by atoms with E-state index in [0.717, 1.165) is 30.1 Å². The maximum atomic E-state index is 13.4. The lowest BCUT2D eigenvalue weighted by atomic mass is 9.92. The van der Waals surface area contributed by atoms with Crippen molar-refractivity contribution >= 4 is 11.7 Å². The fourth-order valence-electron chi connectivity index (χ4n) is 5.48. The summed E-state index contributed by atoms with van der Waals surface area (Å²) in [6.07, 6.45) is 8.67. The number of ether oxygens (including phenoxy) is 2. The predicted octanol–water partition coefficient (Wildman–Crippen LogP) is 4.36. The van der Waals surface area contributed by atoms with Crippen LogP contribution in [0.15, 0.2) is 30.3 Å². The molecule has 2 heterocycles. The number of likely N-dealkylation sites (tertiary alicyclic amines) is 1. The van der Waals surface area contributed by atoms with E-state index in [0.29, 0.717) is 23.7 Å². The Morgan fingerprint density at radius 2 is 1.76 bits per heavy atom. The minimum atomic E-state index is -0.0661. The van der Waals surface area contributed by atoms with Gasteiger partial charge in [0.05, 0.1) is 25.5 Å². The van der Waals surface area contributed by atoms with Crippen LogP contribution < -0.4 is 19.7 Å². The van der Waals surface area contributed by atoms with Gasteiger partial charge in [-0.1, -0.05) is 19.3 Å². The van der Waals surface area contributed by atoms with Gasteiger partial charge >= 0.3 is 0 Å². The fraction of sp³-hybridized carbons (Fsp3) is 0.556. The molecule has 7 heteroatoms. The van der Waals surface area contributed by atoms with E-state index < -0.39 is 0 Å². The summed E-state index contributed by atoms with van der Waals surface area (Å²) >= 11 is 0. The van der Waals surface area contributed by atoms with Crippen LogP contribution in [0.1, 0.15) is 55.3 Å². The van der Waals surface area contributed by atoms with Crippen LogP contribution in [0.3, 0.4) is 0 Å². The van der Waals surface area contributed by atoms with Gasteiger partial charge in [-0.2, -0.15) is 0 Å². The molecule has 1 aromatic heterocycles. The van der Waals surface area contributed by atoms with Crippen molar-refractivity contribution in [1.82, 2.24) is 15.2 Å². The zero-order valence-corrected chi connectivity index (χ0v) is 21.0. The molecular weight excluding hydrogens is 428 g/mol. The van der Waals surface area contributed by atoms with Crippen molar-refractivity contribution in [3.8, 4) is 22.8 Å². The quantitative estimate of drug-likeness (QED) is 0.624. The molecule has 2 aromatic rings. The maximum Gasteiger partial charge on any atom is 0.255 e. The van der Waals surface area contributed by atoms with Crippen molar-refractivity contribution in [2.75, 3.05) is 52.8 Å². The molecule has 7 nitrogen and oxygen atoms in total. The Morgan fingerprint density at radius 1 is 1.03 bits per heavy atom. The number of nitrogens with one attached hydrogen (secondary N) is 1. The Bertz CT molecular complexity index is 995. The smallest absolute Gasteiger partial charge is 0.255 e. The van der Waals surface area contributed by atoms with Gasteiger partial charge in [0.15, 0.2) is 0 Å². The minimum Gasteiger partial charge on any atom is -0.497 e. The van der Waals surface area contributed by atoms with E-state index in [2.05, 4.69) is 10.2 Å². The van der Waals surface area contributed by atoms with Crippen LogP contribution >= 0.6 is 0 Å². The number of hydrogen-bond acceptors (Lipinski definition) is 6. The van der Waals surface area contributed by atoms with Crippen LogP contribution in [0.25, 0.3) is 11.3 Å². The molecule has 1 aliphatic carbocycles. The van der Waals surface area contributed by atoms with Crippen LogP contribution in [0.5, 0.6) is 11.5 Å². The molecule has 0 atom stereocenters. The van der Waals surface area contributed by atoms with Gasteiger partial charge in [-0.25, -0.2) is 4.98 Å². The van der Waals surface area contributed by atoms with E-state index in [4.69, 9.17) is 14.5 Å². The lowest BCUT2D eigenvalue weighted by Gasteiger charge is -2.43. The molecular formula is C27H38N4O3. The highest BCUT2D eigenvalue weighted by atomic mass is 16.5. The van der Waals surface area contributed by atoms with Gasteiger partial charge in [0, 0.05) is 31.7 Å². The number of benzene rings is 1. The van der Waals surface area contributed by atoms with E-state index in [1.165, 1.54) is 44.9 Å². The molecule has 0 spiro atoms. The first-order chi connectivity index (χ1) is 16.5. The zero-order chi connectivity index (χ0) is 24.1. The van der Waals surface area contributed by atoms with E-state index in [9.17, 15) is 4.79 Å². The van der Waals surface area contributed by atoms with Gasteiger partial charge in [-0.3, -0.25) is 9.69 Å². The van der Waals surface area contributed by atoms with E-state index >= 15 is 0 Å². The van der Waals surface area contributed by atoms with Crippen molar-refractivity contribution in [3.05, 3.63) is 35.9 Å². The number of aromatic nitrogens is 1. The highest BCUT2D eigenvalue weighted by Crippen LogP contribution is 2.37. The average Bonchev–Trinajstić information content (AvgIpc) is 3.37. The molecule has 2 aliphatic rings. The molecule has 4 rings (SSSR count). The molecule has 1 aromatic carbocycles. The number of rotatable bonds is 8. The van der Waals surface area contributed by atoms with Gasteiger partial charge in [0.1, 0.15) is 17.3 Å². The van der Waals surface area contributed by atoms with E-state index in [1.54, 1.807) is 14.2 Å². The molecule has 34 heavy (non-hydrogen) atoms. The molecule has 0 bridgehead atoms. The first-order valence-electron chi connectivity index (χ1n) is 12.4. The number of nitrogens with zero attached hydrogens (tertiary/aromatic N) is 3. The Balaban J connectivity index is 1.58. The Kier molecular flexibility index (Phi) is 7.61. The van der Waals surface area contributed by atoms with Gasteiger partial charge < -0.3 is 19.7 Å². The molecule has 1 amide bonds. The predicted molar refractivity (Wildman–Crippen MR) is 136 cm³/mol. The highest BCUT2D eigenvalue weighted by Gasteiger charge is 2.40. The molecule has 184 valence electrons. The summed E-state index contributed by atoms with van der Waals surface area (Å²) < 4.78 is 10.9. The molecule has 1 saturated heterocycles. The standard InChI is InChI=1S/C27H38N4O3/c1-30(2)25-21(11-12-23(29-25)22-18-20(33-3)10-13-24(22)34-4)26(32)28-19-27(14-6-7-15-27)31-16-8-5-9-17-31/h10-13,18H,5-9,14-17,19H2,1-4H3,(H,28,32). The van der Waals surface area contributed by atoms with Gasteiger partial charge in [-0.05, 0) is 69.1 Å². The summed E-state index contributed by atoms with van der Waals surface area (Å²) in [4.78, 5) is 22.8. The molecule has 1 aliphatic heterocycles. The van der Waals surface area contributed by atoms with Crippen LogP contribution in [0.2, 0.25) is 0 Å². The van der Waals surface area contributed by atoms with Crippen LogP contribution in [0, 0.1) is 0 Å². The van der Waals surface area contributed by atoms with Crippen LogP contribution in [0.4, 0.5) is 5.82 Å². The Morgan fingerprint density at radius 3 is 2.41 bits per heavy atom. The lowest BCUT2D eigenvalue weighted by molar-refractivity contribution is 0.0642. The van der Waals surface area contributed by atoms with Crippen molar-refractivity contribution in [1.29, 1.82) is 0 Å². The summed E-state index contributed by atoms with van der Waals surface area (Å²) in [5, 5.41) is 3.28. The van der Waals surface area contributed by atoms with Crippen molar-refractivity contribution in [2.24, 2.45) is 0 Å². The summed E-state index contributed by atoms with van der Waals surface area (Å²) in [5.41, 5.74) is 2.25. The summed E-state index contributed by atoms with van der Waals surface area (Å²) in [5.74, 6) is 2.01. The van der Waals surface area contributed by atoms with Crippen molar-refractivity contribution < 1.29 is 14.3 Å². The van der Waals surface area contributed by atoms with Crippen LogP contribution in [-0.2, 0) is 0 Å². The van der Waals surface area contributed by atoms with E-state index in [1.807, 2.05) is 49.3 Å². The number of pyridine rings is 1. The van der Waals surface area contributed by atoms with Gasteiger partial charge in [0.25, 0.3) is 5.91 Å². The second-order valence-corrected chi connectivity index (χ2v) is 9.69. The van der Waals surface area contributed by atoms with Crippen molar-refractivity contribution in [3.63, 3.8) is 0 Å². The fourth-order valence-corrected chi connectivity index (χ4v) is 5.48. The third kappa shape index (κ3) is 4.99. The number of amides is 1. The second-order valence-electron chi connectivity index (χ2n) is 9.69. The summed E-state index contributed by atoms with van der Waals surface area (Å²) in [7, 11) is 7.11. The molecule has 0 unspecified atom stereocenters. The minimum absolute atomic E-state index is 0.0661. The molecule has 2 fully saturated rings. The number of piperidine rings is 1. The number of methoxy groups -OCH3 is 2. The third-order valence-electron chi connectivity index (χ3n) is 7.37. The zero-order valence-electron chi connectivity index (χ0n) is 21.0. The lowest BCUT2D eigenvalue weighted by Crippen LogP contribution is -2.55. The summed E-state index contributed by atoms with van der Waals surface area (Å²) in [6.45, 7) is 3.00. The first-order valence-corrected chi connectivity index (χ1v) is 12.4. The number of anilines is 1. The molecule has 1 saturated carbocycles. The Hall–Kier alpha value is -2.80. The van der Waals surface area contributed by atoms with E-state index in [-0.39, 0.29) is 11.4 Å². The summed E-state index contributed by atoms with van der Waals surface area (Å²) in [6, 6.07) is 9.39. The highest BCUT2D eigenvalue weighted by molar-refractivity contribution is 5.99. The van der Waals surface area contributed by atoms with Gasteiger partial charge in [0.2, 0.25) is 0 Å². The molecule has 0 radical (unpaired) electrons. The molecule has 1 N–H and O–H groups in total. The van der Waals surface area contributed by atoms with Crippen molar-refractivity contribution in [2.45, 2.75) is 50.5 Å². The number of carbonyl (C=O) groups is 1. The monoisotopic (exact) mass is 466 g/mol. The number of carbonyl (C=O) groups excluding carboxylic acids is 1. The first kappa shape index (κ1) is 24.3.